The van der Waals surface area contributed by atoms with E-state index in [0.717, 1.165) is 11.1 Å². The number of para-hydroxylation sites is 2. The molecule has 3 rings (SSSR count). The van der Waals surface area contributed by atoms with Gasteiger partial charge in [-0.05, 0) is 17.5 Å². The van der Waals surface area contributed by atoms with Crippen LogP contribution in [-0.2, 0) is 4.74 Å². The summed E-state index contributed by atoms with van der Waals surface area (Å²) in [5, 5.41) is 0. The van der Waals surface area contributed by atoms with E-state index in [-0.39, 0.29) is 11.5 Å². The molecule has 6 nitrogen and oxygen atoms in total. The fourth-order valence-corrected chi connectivity index (χ4v) is 2.45. The summed E-state index contributed by atoms with van der Waals surface area (Å²) in [6.45, 7) is 9.18. The quantitative estimate of drug-likeness (QED) is 0.851. The van der Waals surface area contributed by atoms with Crippen molar-refractivity contribution in [3.8, 4) is 0 Å². The highest BCUT2D eigenvalue weighted by Crippen LogP contribution is 2.22. The largest absolute Gasteiger partial charge is 0.449 e. The van der Waals surface area contributed by atoms with Crippen LogP contribution in [0.4, 0.5) is 10.8 Å². The Bertz CT molecular complexity index is 649. The number of benzene rings is 1. The molecule has 0 N–H and O–H groups in total. The van der Waals surface area contributed by atoms with Crippen LogP contribution in [0.15, 0.2) is 28.7 Å². The zero-order valence-corrected chi connectivity index (χ0v) is 13.9. The third kappa shape index (κ3) is 3.75. The average molecular weight is 317 g/mol. The number of oxazole rings is 1. The smallest absolute Gasteiger partial charge is 0.409 e. The Morgan fingerprint density at radius 3 is 2.57 bits per heavy atom. The van der Waals surface area contributed by atoms with Crippen molar-refractivity contribution in [3.05, 3.63) is 24.3 Å². The predicted octanol–water partition coefficient (Wildman–Crippen LogP) is 3.13. The number of anilines is 1. The van der Waals surface area contributed by atoms with Gasteiger partial charge in [-0.2, -0.15) is 4.98 Å². The van der Waals surface area contributed by atoms with Crippen molar-refractivity contribution in [1.29, 1.82) is 0 Å². The van der Waals surface area contributed by atoms with Crippen molar-refractivity contribution in [2.24, 2.45) is 5.41 Å². The molecule has 0 spiro atoms. The van der Waals surface area contributed by atoms with Gasteiger partial charge < -0.3 is 19.0 Å². The summed E-state index contributed by atoms with van der Waals surface area (Å²) in [5.74, 6) is 0. The van der Waals surface area contributed by atoms with E-state index >= 15 is 0 Å². The highest BCUT2D eigenvalue weighted by molar-refractivity contribution is 5.74. The van der Waals surface area contributed by atoms with Gasteiger partial charge in [-0.15, -0.1) is 0 Å². The number of nitrogens with zero attached hydrogens (tertiary/aromatic N) is 3. The van der Waals surface area contributed by atoms with Crippen molar-refractivity contribution in [2.75, 3.05) is 37.7 Å². The minimum atomic E-state index is -0.239. The Morgan fingerprint density at radius 1 is 1.22 bits per heavy atom. The molecule has 1 aliphatic rings. The van der Waals surface area contributed by atoms with Crippen LogP contribution in [0.1, 0.15) is 20.8 Å². The third-order valence-electron chi connectivity index (χ3n) is 3.72. The molecule has 1 saturated heterocycles. The topological polar surface area (TPSA) is 58.8 Å². The van der Waals surface area contributed by atoms with Gasteiger partial charge in [0.05, 0.1) is 6.61 Å². The predicted molar refractivity (Wildman–Crippen MR) is 88.6 cm³/mol. The van der Waals surface area contributed by atoms with E-state index in [4.69, 9.17) is 9.15 Å². The van der Waals surface area contributed by atoms with Crippen LogP contribution < -0.4 is 4.90 Å². The van der Waals surface area contributed by atoms with Crippen LogP contribution in [0.5, 0.6) is 0 Å². The molecule has 0 unspecified atom stereocenters. The average Bonchev–Trinajstić information content (AvgIpc) is 2.96. The maximum atomic E-state index is 12.1. The minimum Gasteiger partial charge on any atom is -0.449 e. The molecule has 2 aromatic rings. The molecule has 124 valence electrons. The Balaban J connectivity index is 1.56. The van der Waals surface area contributed by atoms with Gasteiger partial charge in [0.15, 0.2) is 5.58 Å². The monoisotopic (exact) mass is 317 g/mol. The lowest BCUT2D eigenvalue weighted by Crippen LogP contribution is -2.49. The number of carbonyl (C=O) groups excluding carboxylic acids is 1. The van der Waals surface area contributed by atoms with E-state index in [1.165, 1.54) is 0 Å². The maximum Gasteiger partial charge on any atom is 0.409 e. The molecule has 0 bridgehead atoms. The van der Waals surface area contributed by atoms with Crippen LogP contribution in [-0.4, -0.2) is 48.8 Å². The Labute approximate surface area is 136 Å². The number of carbonyl (C=O) groups is 1. The van der Waals surface area contributed by atoms with E-state index in [0.29, 0.717) is 38.8 Å². The third-order valence-corrected chi connectivity index (χ3v) is 3.72. The Hall–Kier alpha value is -2.24. The second kappa shape index (κ2) is 6.10. The van der Waals surface area contributed by atoms with E-state index in [1.54, 1.807) is 4.90 Å². The van der Waals surface area contributed by atoms with Gasteiger partial charge >= 0.3 is 6.09 Å². The number of fused-ring (bicyclic) bond motifs is 1. The number of amides is 1. The van der Waals surface area contributed by atoms with Crippen LogP contribution in [0.25, 0.3) is 11.1 Å². The first kappa shape index (κ1) is 15.6. The molecule has 6 heteroatoms. The molecular weight excluding hydrogens is 294 g/mol. The van der Waals surface area contributed by atoms with Crippen LogP contribution >= 0.6 is 0 Å². The molecule has 23 heavy (non-hydrogen) atoms. The summed E-state index contributed by atoms with van der Waals surface area (Å²) in [5.41, 5.74) is 1.62. The van der Waals surface area contributed by atoms with Crippen LogP contribution in [0.3, 0.4) is 0 Å². The first-order chi connectivity index (χ1) is 10.9. The van der Waals surface area contributed by atoms with Gasteiger partial charge in [0.2, 0.25) is 0 Å². The fraction of sp³-hybridized carbons (Fsp3) is 0.529. The normalized spacial score (nSPS) is 16.0. The van der Waals surface area contributed by atoms with E-state index in [9.17, 15) is 4.79 Å². The van der Waals surface area contributed by atoms with Crippen molar-refractivity contribution in [3.63, 3.8) is 0 Å². The molecule has 0 radical (unpaired) electrons. The van der Waals surface area contributed by atoms with Gasteiger partial charge in [-0.25, -0.2) is 4.79 Å². The summed E-state index contributed by atoms with van der Waals surface area (Å²) in [7, 11) is 0. The van der Waals surface area contributed by atoms with E-state index in [2.05, 4.69) is 9.88 Å². The van der Waals surface area contributed by atoms with Gasteiger partial charge in [-0.1, -0.05) is 32.9 Å². The SMILES string of the molecule is CC(C)(C)COC(=O)N1CCN(c2nc3ccccc3o2)CC1. The summed E-state index contributed by atoms with van der Waals surface area (Å²) < 4.78 is 11.1. The summed E-state index contributed by atoms with van der Waals surface area (Å²) in [4.78, 5) is 20.4. The van der Waals surface area contributed by atoms with Gasteiger partial charge in [0.1, 0.15) is 5.52 Å². The van der Waals surface area contributed by atoms with Crippen molar-refractivity contribution in [2.45, 2.75) is 20.8 Å². The summed E-state index contributed by atoms with van der Waals surface area (Å²) in [6.07, 6.45) is -0.239. The lowest BCUT2D eigenvalue weighted by molar-refractivity contribution is 0.0705. The first-order valence-electron chi connectivity index (χ1n) is 7.95. The first-order valence-corrected chi connectivity index (χ1v) is 7.95. The zero-order chi connectivity index (χ0) is 16.4. The summed E-state index contributed by atoms with van der Waals surface area (Å²) >= 11 is 0. The Kier molecular flexibility index (Phi) is 4.15. The van der Waals surface area contributed by atoms with Gasteiger partial charge in [-0.3, -0.25) is 0 Å². The molecule has 1 amide bonds. The summed E-state index contributed by atoms with van der Waals surface area (Å²) in [6, 6.07) is 8.33. The van der Waals surface area contributed by atoms with Crippen LogP contribution in [0.2, 0.25) is 0 Å². The molecular formula is C17H23N3O3. The highest BCUT2D eigenvalue weighted by atomic mass is 16.6. The molecule has 2 heterocycles. The molecule has 1 aromatic carbocycles. The van der Waals surface area contributed by atoms with Gasteiger partial charge in [0.25, 0.3) is 6.01 Å². The fourth-order valence-electron chi connectivity index (χ4n) is 2.45. The molecule has 0 aliphatic carbocycles. The number of hydrogen-bond donors (Lipinski definition) is 0. The number of piperazine rings is 1. The maximum absolute atomic E-state index is 12.1. The molecule has 0 atom stereocenters. The van der Waals surface area contributed by atoms with Crippen LogP contribution in [0, 0.1) is 5.41 Å². The second-order valence-corrected chi connectivity index (χ2v) is 7.05. The molecule has 1 aromatic heterocycles. The van der Waals surface area contributed by atoms with E-state index < -0.39 is 0 Å². The highest BCUT2D eigenvalue weighted by Gasteiger charge is 2.25. The number of rotatable bonds is 2. The molecule has 1 aliphatic heterocycles. The van der Waals surface area contributed by atoms with E-state index in [1.807, 2.05) is 45.0 Å². The second-order valence-electron chi connectivity index (χ2n) is 7.05. The number of aromatic nitrogens is 1. The van der Waals surface area contributed by atoms with Crippen molar-refractivity contribution >= 4 is 23.2 Å². The standard InChI is InChI=1S/C17H23N3O3/c1-17(2,3)12-22-16(21)20-10-8-19(9-11-20)15-18-13-6-4-5-7-14(13)23-15/h4-7H,8-12H2,1-3H3. The number of ether oxygens (including phenoxy) is 1. The van der Waals surface area contributed by atoms with Gasteiger partial charge in [0, 0.05) is 26.2 Å². The minimum absolute atomic E-state index is 0.0182. The zero-order valence-electron chi connectivity index (χ0n) is 13.9. The molecule has 1 fully saturated rings. The molecule has 0 saturated carbocycles. The number of hydrogen-bond acceptors (Lipinski definition) is 5. The van der Waals surface area contributed by atoms with Crippen molar-refractivity contribution in [1.82, 2.24) is 9.88 Å². The lowest BCUT2D eigenvalue weighted by atomic mass is 9.99. The lowest BCUT2D eigenvalue weighted by Gasteiger charge is -2.33. The van der Waals surface area contributed by atoms with Crippen molar-refractivity contribution < 1.29 is 13.9 Å². The Morgan fingerprint density at radius 2 is 1.91 bits per heavy atom.